The van der Waals surface area contributed by atoms with Crippen molar-refractivity contribution in [2.24, 2.45) is 11.3 Å². The van der Waals surface area contributed by atoms with Crippen molar-refractivity contribution in [3.63, 3.8) is 0 Å². The van der Waals surface area contributed by atoms with Crippen molar-refractivity contribution >= 4 is 28.4 Å². The number of nitrogen functional groups attached to an aromatic ring is 1. The van der Waals surface area contributed by atoms with Crippen molar-refractivity contribution in [3.05, 3.63) is 9.26 Å². The molecule has 0 amide bonds. The quantitative estimate of drug-likeness (QED) is 0.786. The van der Waals surface area contributed by atoms with E-state index in [4.69, 9.17) is 5.73 Å². The molecule has 2 N–H and O–H groups in total. The normalized spacial score (nSPS) is 28.3. The van der Waals surface area contributed by atoms with Gasteiger partial charge in [0.25, 0.3) is 0 Å². The van der Waals surface area contributed by atoms with Crippen LogP contribution in [0.4, 0.5) is 5.82 Å². The average molecular weight is 347 g/mol. The zero-order valence-corrected chi connectivity index (χ0v) is 13.3. The van der Waals surface area contributed by atoms with Gasteiger partial charge in [-0.15, -0.1) is 0 Å². The summed E-state index contributed by atoms with van der Waals surface area (Å²) in [6.07, 6.45) is 3.68. The van der Waals surface area contributed by atoms with Crippen molar-refractivity contribution in [2.45, 2.75) is 53.0 Å². The molecular weight excluding hydrogens is 325 g/mol. The van der Waals surface area contributed by atoms with E-state index >= 15 is 0 Å². The van der Waals surface area contributed by atoms with Gasteiger partial charge in [-0.2, -0.15) is 5.10 Å². The molecule has 0 spiro atoms. The number of aromatic nitrogens is 2. The first-order chi connectivity index (χ1) is 7.80. The molecule has 2 rings (SSSR count). The summed E-state index contributed by atoms with van der Waals surface area (Å²) >= 11 is 2.29. The monoisotopic (exact) mass is 347 g/mol. The SMILES string of the molecule is Cc1nn(C2CC(C)CC(C)(C)C2)c(N)c1I. The van der Waals surface area contributed by atoms with Gasteiger partial charge in [-0.05, 0) is 60.1 Å². The molecule has 17 heavy (non-hydrogen) atoms. The van der Waals surface area contributed by atoms with Crippen molar-refractivity contribution in [2.75, 3.05) is 5.73 Å². The fourth-order valence-electron chi connectivity index (χ4n) is 3.31. The first-order valence-electron chi connectivity index (χ1n) is 6.30. The third-order valence-electron chi connectivity index (χ3n) is 3.76. The molecule has 0 bridgehead atoms. The van der Waals surface area contributed by atoms with Gasteiger partial charge in [-0.1, -0.05) is 20.8 Å². The van der Waals surface area contributed by atoms with Crippen LogP contribution in [0.5, 0.6) is 0 Å². The van der Waals surface area contributed by atoms with Gasteiger partial charge in [-0.25, -0.2) is 4.68 Å². The van der Waals surface area contributed by atoms with Crippen LogP contribution in [0.3, 0.4) is 0 Å². The Morgan fingerprint density at radius 3 is 2.53 bits per heavy atom. The van der Waals surface area contributed by atoms with Gasteiger partial charge in [0.2, 0.25) is 0 Å². The molecule has 1 aliphatic rings. The Labute approximate surface area is 117 Å². The summed E-state index contributed by atoms with van der Waals surface area (Å²) in [6.45, 7) is 9.08. The average Bonchev–Trinajstić information content (AvgIpc) is 2.43. The summed E-state index contributed by atoms with van der Waals surface area (Å²) in [5, 5.41) is 4.62. The molecule has 96 valence electrons. The van der Waals surface area contributed by atoms with Crippen LogP contribution in [0.15, 0.2) is 0 Å². The van der Waals surface area contributed by atoms with Crippen LogP contribution in [-0.2, 0) is 0 Å². The van der Waals surface area contributed by atoms with Crippen LogP contribution < -0.4 is 5.73 Å². The molecule has 2 unspecified atom stereocenters. The highest BCUT2D eigenvalue weighted by Crippen LogP contribution is 2.44. The Bertz CT molecular complexity index is 423. The van der Waals surface area contributed by atoms with E-state index < -0.39 is 0 Å². The minimum Gasteiger partial charge on any atom is -0.383 e. The van der Waals surface area contributed by atoms with Crippen LogP contribution in [0.1, 0.15) is 51.8 Å². The smallest absolute Gasteiger partial charge is 0.135 e. The van der Waals surface area contributed by atoms with Crippen molar-refractivity contribution in [3.8, 4) is 0 Å². The zero-order valence-electron chi connectivity index (χ0n) is 11.1. The largest absolute Gasteiger partial charge is 0.383 e. The second-order valence-electron chi connectivity index (χ2n) is 6.30. The van der Waals surface area contributed by atoms with Gasteiger partial charge in [0, 0.05) is 0 Å². The van der Waals surface area contributed by atoms with E-state index in [9.17, 15) is 0 Å². The number of anilines is 1. The Hall–Kier alpha value is -0.260. The number of aryl methyl sites for hydroxylation is 1. The van der Waals surface area contributed by atoms with E-state index in [-0.39, 0.29) is 0 Å². The predicted molar refractivity (Wildman–Crippen MR) is 79.9 cm³/mol. The number of nitrogens with zero attached hydrogens (tertiary/aromatic N) is 2. The molecular formula is C13H22IN3. The molecule has 0 saturated heterocycles. The highest BCUT2D eigenvalue weighted by atomic mass is 127. The summed E-state index contributed by atoms with van der Waals surface area (Å²) < 4.78 is 3.17. The molecule has 1 saturated carbocycles. The lowest BCUT2D eigenvalue weighted by Crippen LogP contribution is -2.30. The Balaban J connectivity index is 2.30. The molecule has 1 heterocycles. The third kappa shape index (κ3) is 2.61. The molecule has 1 aromatic heterocycles. The highest BCUT2D eigenvalue weighted by molar-refractivity contribution is 14.1. The fraction of sp³-hybridized carbons (Fsp3) is 0.769. The number of halogens is 1. The van der Waals surface area contributed by atoms with Crippen LogP contribution in [-0.4, -0.2) is 9.78 Å². The van der Waals surface area contributed by atoms with Gasteiger partial charge < -0.3 is 5.73 Å². The number of rotatable bonds is 1. The van der Waals surface area contributed by atoms with Gasteiger partial charge in [0.05, 0.1) is 15.3 Å². The number of nitrogens with two attached hydrogens (primary N) is 1. The standard InChI is InChI=1S/C13H22IN3/c1-8-5-10(7-13(3,4)6-8)17-12(15)11(14)9(2)16-17/h8,10H,5-7,15H2,1-4H3. The molecule has 0 aromatic carbocycles. The first kappa shape index (κ1) is 13.2. The van der Waals surface area contributed by atoms with Gasteiger partial charge in [-0.3, -0.25) is 0 Å². The second kappa shape index (κ2) is 4.44. The summed E-state index contributed by atoms with van der Waals surface area (Å²) in [5.41, 5.74) is 7.62. The second-order valence-corrected chi connectivity index (χ2v) is 7.38. The molecule has 2 atom stereocenters. The highest BCUT2D eigenvalue weighted by Gasteiger charge is 2.34. The lowest BCUT2D eigenvalue weighted by atomic mass is 9.70. The minimum absolute atomic E-state index is 0.403. The molecule has 0 radical (unpaired) electrons. The third-order valence-corrected chi connectivity index (χ3v) is 5.09. The number of hydrogen-bond donors (Lipinski definition) is 1. The first-order valence-corrected chi connectivity index (χ1v) is 7.38. The van der Waals surface area contributed by atoms with Gasteiger partial charge in [0.15, 0.2) is 0 Å². The van der Waals surface area contributed by atoms with Crippen molar-refractivity contribution in [1.29, 1.82) is 0 Å². The van der Waals surface area contributed by atoms with E-state index in [2.05, 4.69) is 53.1 Å². The summed E-state index contributed by atoms with van der Waals surface area (Å²) in [6, 6.07) is 0.468. The fourth-order valence-corrected chi connectivity index (χ4v) is 3.66. The maximum Gasteiger partial charge on any atom is 0.135 e. The van der Waals surface area contributed by atoms with E-state index in [0.717, 1.165) is 21.0 Å². The van der Waals surface area contributed by atoms with Crippen LogP contribution in [0, 0.1) is 21.8 Å². The maximum atomic E-state index is 6.16. The van der Waals surface area contributed by atoms with E-state index in [0.29, 0.717) is 11.5 Å². The molecule has 4 heteroatoms. The van der Waals surface area contributed by atoms with Crippen LogP contribution in [0.2, 0.25) is 0 Å². The van der Waals surface area contributed by atoms with E-state index in [1.54, 1.807) is 0 Å². The van der Waals surface area contributed by atoms with E-state index in [1.165, 1.54) is 19.3 Å². The van der Waals surface area contributed by atoms with E-state index in [1.807, 2.05) is 6.92 Å². The van der Waals surface area contributed by atoms with Crippen LogP contribution in [0.25, 0.3) is 0 Å². The summed E-state index contributed by atoms with van der Waals surface area (Å²) in [4.78, 5) is 0. The Morgan fingerprint density at radius 2 is 2.06 bits per heavy atom. The molecule has 1 aromatic rings. The Kier molecular flexibility index (Phi) is 3.45. The predicted octanol–water partition coefficient (Wildman–Crippen LogP) is 3.77. The summed E-state index contributed by atoms with van der Waals surface area (Å²) in [5.74, 6) is 1.60. The maximum absolute atomic E-state index is 6.16. The van der Waals surface area contributed by atoms with Crippen molar-refractivity contribution < 1.29 is 0 Å². The topological polar surface area (TPSA) is 43.8 Å². The molecule has 1 aliphatic carbocycles. The lowest BCUT2D eigenvalue weighted by Gasteiger charge is -2.39. The van der Waals surface area contributed by atoms with Crippen molar-refractivity contribution in [1.82, 2.24) is 9.78 Å². The lowest BCUT2D eigenvalue weighted by molar-refractivity contribution is 0.131. The molecule has 3 nitrogen and oxygen atoms in total. The number of hydrogen-bond acceptors (Lipinski definition) is 2. The molecule has 0 aliphatic heterocycles. The summed E-state index contributed by atoms with van der Waals surface area (Å²) in [7, 11) is 0. The Morgan fingerprint density at radius 1 is 1.41 bits per heavy atom. The van der Waals surface area contributed by atoms with Gasteiger partial charge >= 0.3 is 0 Å². The zero-order chi connectivity index (χ0) is 12.8. The minimum atomic E-state index is 0.403. The van der Waals surface area contributed by atoms with Crippen LogP contribution >= 0.6 is 22.6 Å². The van der Waals surface area contributed by atoms with Gasteiger partial charge in [0.1, 0.15) is 5.82 Å². The molecule has 1 fully saturated rings.